The van der Waals surface area contributed by atoms with Gasteiger partial charge in [-0.2, -0.15) is 0 Å². The van der Waals surface area contributed by atoms with Crippen LogP contribution in [0.4, 0.5) is 0 Å². The first-order valence-corrected chi connectivity index (χ1v) is 29.6. The van der Waals surface area contributed by atoms with Crippen LogP contribution in [0.2, 0.25) is 0 Å². The SMILES string of the molecule is CC/C=C/C/C=C/C/C=C/CCCCCCCC(=O)OC[C@H](COC(=O)CCCCCCCCCCC/C=C/CCCCCCCC)OC(=O)CCCCCCCCCCCCCCCCCC. The average Bonchev–Trinajstić information content (AvgIpc) is 3.34. The topological polar surface area (TPSA) is 78.9 Å². The van der Waals surface area contributed by atoms with E-state index in [9.17, 15) is 14.4 Å². The van der Waals surface area contributed by atoms with Gasteiger partial charge in [-0.1, -0.05) is 262 Å². The zero-order chi connectivity index (χ0) is 49.3. The van der Waals surface area contributed by atoms with Crippen molar-refractivity contribution >= 4 is 17.9 Å². The molecule has 0 aliphatic rings. The number of unbranched alkanes of at least 4 members (excludes halogenated alkanes) is 35. The smallest absolute Gasteiger partial charge is 0.306 e. The Hall–Kier alpha value is -2.63. The lowest BCUT2D eigenvalue weighted by molar-refractivity contribution is -0.167. The van der Waals surface area contributed by atoms with Crippen LogP contribution in [0.1, 0.15) is 310 Å². The monoisotopic (exact) mass is 953 g/mol. The van der Waals surface area contributed by atoms with E-state index in [4.69, 9.17) is 14.2 Å². The number of ether oxygens (including phenoxy) is 3. The summed E-state index contributed by atoms with van der Waals surface area (Å²) in [7, 11) is 0. The van der Waals surface area contributed by atoms with Crippen LogP contribution in [0.3, 0.4) is 0 Å². The number of hydrogen-bond acceptors (Lipinski definition) is 6. The van der Waals surface area contributed by atoms with Crippen LogP contribution in [0, 0.1) is 0 Å². The molecule has 1 atom stereocenters. The lowest BCUT2D eigenvalue weighted by atomic mass is 10.0. The fourth-order valence-corrected chi connectivity index (χ4v) is 8.63. The van der Waals surface area contributed by atoms with Gasteiger partial charge in [-0.3, -0.25) is 14.4 Å². The molecule has 0 radical (unpaired) electrons. The predicted molar refractivity (Wildman–Crippen MR) is 293 cm³/mol. The number of carbonyl (C=O) groups is 3. The van der Waals surface area contributed by atoms with E-state index in [1.807, 2.05) is 0 Å². The van der Waals surface area contributed by atoms with E-state index in [0.29, 0.717) is 19.3 Å². The zero-order valence-corrected chi connectivity index (χ0v) is 45.4. The van der Waals surface area contributed by atoms with Crippen LogP contribution in [-0.4, -0.2) is 37.2 Å². The van der Waals surface area contributed by atoms with Gasteiger partial charge in [0.2, 0.25) is 0 Å². The predicted octanol–water partition coefficient (Wildman–Crippen LogP) is 19.8. The number of carbonyl (C=O) groups excluding carboxylic acids is 3. The highest BCUT2D eigenvalue weighted by Crippen LogP contribution is 2.17. The molecular formula is C62H112O6. The minimum absolute atomic E-state index is 0.0766. The van der Waals surface area contributed by atoms with Gasteiger partial charge in [-0.15, -0.1) is 0 Å². The van der Waals surface area contributed by atoms with Gasteiger partial charge >= 0.3 is 17.9 Å². The largest absolute Gasteiger partial charge is 0.462 e. The van der Waals surface area contributed by atoms with E-state index in [1.54, 1.807) is 0 Å². The molecule has 0 aromatic carbocycles. The van der Waals surface area contributed by atoms with Gasteiger partial charge in [0.25, 0.3) is 0 Å². The third-order valence-electron chi connectivity index (χ3n) is 13.1. The Morgan fingerprint density at radius 3 is 0.912 bits per heavy atom. The molecule has 0 aromatic heterocycles. The Morgan fingerprint density at radius 2 is 0.574 bits per heavy atom. The number of allylic oxidation sites excluding steroid dienone is 8. The van der Waals surface area contributed by atoms with Crippen LogP contribution in [-0.2, 0) is 28.6 Å². The summed E-state index contributed by atoms with van der Waals surface area (Å²) in [4.78, 5) is 38.2. The van der Waals surface area contributed by atoms with Crippen molar-refractivity contribution in [2.75, 3.05) is 13.2 Å². The van der Waals surface area contributed by atoms with Crippen molar-refractivity contribution in [1.82, 2.24) is 0 Å². The van der Waals surface area contributed by atoms with Gasteiger partial charge in [0.1, 0.15) is 13.2 Å². The number of rotatable bonds is 54. The number of esters is 3. The maximum atomic E-state index is 12.9. The van der Waals surface area contributed by atoms with Crippen molar-refractivity contribution in [2.24, 2.45) is 0 Å². The summed E-state index contributed by atoms with van der Waals surface area (Å²) in [5.41, 5.74) is 0. The first-order valence-electron chi connectivity index (χ1n) is 29.6. The van der Waals surface area contributed by atoms with Gasteiger partial charge in [0.15, 0.2) is 6.10 Å². The minimum atomic E-state index is -0.779. The normalized spacial score (nSPS) is 12.3. The molecule has 68 heavy (non-hydrogen) atoms. The Kier molecular flexibility index (Phi) is 54.8. The van der Waals surface area contributed by atoms with Crippen molar-refractivity contribution in [3.05, 3.63) is 48.6 Å². The molecule has 0 amide bonds. The molecule has 0 aliphatic heterocycles. The van der Waals surface area contributed by atoms with Crippen molar-refractivity contribution in [2.45, 2.75) is 316 Å². The maximum Gasteiger partial charge on any atom is 0.306 e. The molecule has 0 N–H and O–H groups in total. The van der Waals surface area contributed by atoms with E-state index in [2.05, 4.69) is 69.4 Å². The Morgan fingerprint density at radius 1 is 0.309 bits per heavy atom. The molecule has 0 spiro atoms. The van der Waals surface area contributed by atoms with Crippen molar-refractivity contribution < 1.29 is 28.6 Å². The second-order valence-corrected chi connectivity index (χ2v) is 19.9. The van der Waals surface area contributed by atoms with E-state index in [0.717, 1.165) is 96.3 Å². The standard InChI is InChI=1S/C62H112O6/c1-4-7-10-13-16-19-22-25-28-30-31-32-35-37-40-43-46-49-52-55-61(64)67-58-59(57-66-60(63)54-51-48-45-42-39-36-33-27-24-21-18-15-12-9-6-3)68-62(65)56-53-50-47-44-41-38-34-29-26-23-20-17-14-11-8-5-2/h9,12,18,21,25,27-28,33,59H,4-8,10-11,13-17,19-20,22-24,26,29-32,34-58H2,1-3H3/b12-9+,21-18+,28-25+,33-27+/t59-/m1/s1. The molecule has 0 saturated carbocycles. The van der Waals surface area contributed by atoms with Crippen molar-refractivity contribution in [3.63, 3.8) is 0 Å². The summed E-state index contributed by atoms with van der Waals surface area (Å²) < 4.78 is 16.9. The summed E-state index contributed by atoms with van der Waals surface area (Å²) in [6.45, 7) is 6.55. The van der Waals surface area contributed by atoms with Crippen LogP contribution in [0.15, 0.2) is 48.6 Å². The van der Waals surface area contributed by atoms with E-state index in [-0.39, 0.29) is 31.1 Å². The Balaban J connectivity index is 4.35. The summed E-state index contributed by atoms with van der Waals surface area (Å²) in [5, 5.41) is 0. The molecule has 6 nitrogen and oxygen atoms in total. The Bertz CT molecular complexity index is 1190. The third kappa shape index (κ3) is 54.3. The highest BCUT2D eigenvalue weighted by molar-refractivity contribution is 5.71. The van der Waals surface area contributed by atoms with Crippen LogP contribution >= 0.6 is 0 Å². The second-order valence-electron chi connectivity index (χ2n) is 19.9. The van der Waals surface area contributed by atoms with E-state index >= 15 is 0 Å². The van der Waals surface area contributed by atoms with Gasteiger partial charge in [0.05, 0.1) is 0 Å². The zero-order valence-electron chi connectivity index (χ0n) is 45.4. The van der Waals surface area contributed by atoms with Crippen LogP contribution in [0.25, 0.3) is 0 Å². The molecule has 0 heterocycles. The number of hydrogen-bond donors (Lipinski definition) is 0. The average molecular weight is 954 g/mol. The highest BCUT2D eigenvalue weighted by atomic mass is 16.6. The molecule has 0 fully saturated rings. The molecule has 0 aliphatic carbocycles. The highest BCUT2D eigenvalue weighted by Gasteiger charge is 2.19. The summed E-state index contributed by atoms with van der Waals surface area (Å²) in [5.74, 6) is -0.879. The van der Waals surface area contributed by atoms with Crippen LogP contribution in [0.5, 0.6) is 0 Å². The fraction of sp³-hybridized carbons (Fsp3) is 0.823. The van der Waals surface area contributed by atoms with Gasteiger partial charge in [-0.05, 0) is 77.0 Å². The molecular weight excluding hydrogens is 841 g/mol. The van der Waals surface area contributed by atoms with Gasteiger partial charge < -0.3 is 14.2 Å². The molecule has 396 valence electrons. The minimum Gasteiger partial charge on any atom is -0.462 e. The van der Waals surface area contributed by atoms with Gasteiger partial charge in [-0.25, -0.2) is 0 Å². The molecule has 0 bridgehead atoms. The maximum absolute atomic E-state index is 12.9. The lowest BCUT2D eigenvalue weighted by Crippen LogP contribution is -2.30. The van der Waals surface area contributed by atoms with Crippen molar-refractivity contribution in [3.8, 4) is 0 Å². The lowest BCUT2D eigenvalue weighted by Gasteiger charge is -2.18. The molecule has 0 unspecified atom stereocenters. The summed E-state index contributed by atoms with van der Waals surface area (Å²) >= 11 is 0. The van der Waals surface area contributed by atoms with Crippen molar-refractivity contribution in [1.29, 1.82) is 0 Å². The Labute approximate surface area is 422 Å². The molecule has 0 saturated heterocycles. The molecule has 6 heteroatoms. The third-order valence-corrected chi connectivity index (χ3v) is 13.1. The molecule has 0 rings (SSSR count). The van der Waals surface area contributed by atoms with Crippen LogP contribution < -0.4 is 0 Å². The van der Waals surface area contributed by atoms with Gasteiger partial charge in [0, 0.05) is 19.3 Å². The fourth-order valence-electron chi connectivity index (χ4n) is 8.63. The first kappa shape index (κ1) is 65.4. The summed E-state index contributed by atoms with van der Waals surface area (Å²) in [6.07, 6.45) is 69.6. The first-order chi connectivity index (χ1) is 33.5. The van der Waals surface area contributed by atoms with E-state index < -0.39 is 6.10 Å². The molecule has 0 aromatic rings. The quantitative estimate of drug-likeness (QED) is 0.0262. The summed E-state index contributed by atoms with van der Waals surface area (Å²) in [6, 6.07) is 0. The van der Waals surface area contributed by atoms with E-state index in [1.165, 1.54) is 173 Å². The second kappa shape index (κ2) is 57.0.